The summed E-state index contributed by atoms with van der Waals surface area (Å²) in [6.07, 6.45) is 3.11. The van der Waals surface area contributed by atoms with Crippen LogP contribution in [0.3, 0.4) is 0 Å². The zero-order valence-electron chi connectivity index (χ0n) is 13.5. The zero-order chi connectivity index (χ0) is 16.6. The molecule has 1 aliphatic rings. The van der Waals surface area contributed by atoms with Gasteiger partial charge < -0.3 is 9.72 Å². The highest BCUT2D eigenvalue weighted by Gasteiger charge is 2.38. The number of hydrogen-bond acceptors (Lipinski definition) is 5. The van der Waals surface area contributed by atoms with Crippen LogP contribution in [0.25, 0.3) is 0 Å². The van der Waals surface area contributed by atoms with Gasteiger partial charge in [0.1, 0.15) is 16.8 Å². The van der Waals surface area contributed by atoms with Gasteiger partial charge in [-0.1, -0.05) is 0 Å². The molecule has 9 heteroatoms. The molecule has 1 aliphatic heterocycles. The van der Waals surface area contributed by atoms with Crippen LogP contribution in [0.1, 0.15) is 30.2 Å². The first-order chi connectivity index (χ1) is 10.9. The molecule has 0 aromatic carbocycles. The third-order valence-corrected chi connectivity index (χ3v) is 6.07. The van der Waals surface area contributed by atoms with Crippen LogP contribution >= 0.6 is 0 Å². The molecular weight excluding hydrogens is 318 g/mol. The number of nitrogens with zero attached hydrogens (tertiary/aromatic N) is 4. The van der Waals surface area contributed by atoms with Crippen LogP contribution in [0.5, 0.6) is 0 Å². The summed E-state index contributed by atoms with van der Waals surface area (Å²) < 4.78 is 34.8. The van der Waals surface area contributed by atoms with Crippen molar-refractivity contribution < 1.29 is 13.2 Å². The molecule has 0 bridgehead atoms. The van der Waals surface area contributed by atoms with Crippen LogP contribution in [0, 0.1) is 13.8 Å². The molecule has 3 heterocycles. The van der Waals surface area contributed by atoms with Crippen LogP contribution < -0.4 is 0 Å². The monoisotopic (exact) mass is 339 g/mol. The number of aryl methyl sites for hydroxylation is 2. The largest absolute Gasteiger partial charge is 0.378 e. The highest BCUT2D eigenvalue weighted by molar-refractivity contribution is 7.89. The number of H-pyrrole nitrogens is 1. The average Bonchev–Trinajstić information content (AvgIpc) is 3.13. The molecule has 0 aliphatic carbocycles. The summed E-state index contributed by atoms with van der Waals surface area (Å²) in [7, 11) is -3.66. The number of aromatic amines is 1. The van der Waals surface area contributed by atoms with Crippen molar-refractivity contribution in [2.24, 2.45) is 0 Å². The Balaban J connectivity index is 2.00. The predicted molar refractivity (Wildman–Crippen MR) is 83.4 cm³/mol. The summed E-state index contributed by atoms with van der Waals surface area (Å²) in [4.78, 5) is 7.64. The number of hydrogen-bond donors (Lipinski definition) is 1. The van der Waals surface area contributed by atoms with E-state index in [2.05, 4.69) is 15.1 Å². The lowest BCUT2D eigenvalue weighted by molar-refractivity contribution is 0.0292. The molecule has 0 unspecified atom stereocenters. The van der Waals surface area contributed by atoms with Crippen molar-refractivity contribution in [1.29, 1.82) is 0 Å². The zero-order valence-corrected chi connectivity index (χ0v) is 14.3. The van der Waals surface area contributed by atoms with E-state index in [1.807, 2.05) is 13.8 Å². The second kappa shape index (κ2) is 6.06. The fourth-order valence-corrected chi connectivity index (χ4v) is 4.54. The maximum absolute atomic E-state index is 13.1. The van der Waals surface area contributed by atoms with Gasteiger partial charge in [-0.2, -0.15) is 9.40 Å². The first-order valence-electron chi connectivity index (χ1n) is 7.58. The Morgan fingerprint density at radius 1 is 1.39 bits per heavy atom. The van der Waals surface area contributed by atoms with Gasteiger partial charge in [-0.05, 0) is 20.8 Å². The molecule has 1 fully saturated rings. The molecule has 0 radical (unpaired) electrons. The van der Waals surface area contributed by atoms with Crippen LogP contribution in [0.4, 0.5) is 0 Å². The molecule has 23 heavy (non-hydrogen) atoms. The number of rotatable bonds is 4. The molecule has 0 amide bonds. The Bertz CT molecular complexity index is 795. The maximum atomic E-state index is 13.1. The molecular formula is C14H21N5O3S. The Labute approximate surface area is 135 Å². The van der Waals surface area contributed by atoms with Gasteiger partial charge in [0.25, 0.3) is 0 Å². The standard InChI is InChI=1S/C14H21N5O3S/c1-4-18-11(3)13(8-16-18)23(20,21)19-5-6-22-9-12(19)14-15-7-10(2)17-14/h7-8,12H,4-6,9H2,1-3H3,(H,15,17)/t12-/m0/s1. The number of ether oxygens (including phenoxy) is 1. The molecule has 2 aromatic heterocycles. The van der Waals surface area contributed by atoms with Gasteiger partial charge >= 0.3 is 0 Å². The summed E-state index contributed by atoms with van der Waals surface area (Å²) in [5.74, 6) is 0.603. The van der Waals surface area contributed by atoms with Crippen LogP contribution in [0.2, 0.25) is 0 Å². The molecule has 1 N–H and O–H groups in total. The summed E-state index contributed by atoms with van der Waals surface area (Å²) in [5, 5.41) is 4.15. The second-order valence-corrected chi connectivity index (χ2v) is 7.43. The number of nitrogens with one attached hydrogen (secondary N) is 1. The Hall–Kier alpha value is -1.71. The Kier molecular flexibility index (Phi) is 4.26. The third kappa shape index (κ3) is 2.79. The molecule has 1 atom stereocenters. The number of imidazole rings is 1. The van der Waals surface area contributed by atoms with Crippen LogP contribution in [-0.2, 0) is 21.3 Å². The smallest absolute Gasteiger partial charge is 0.247 e. The average molecular weight is 339 g/mol. The molecule has 0 spiro atoms. The topological polar surface area (TPSA) is 93.1 Å². The SMILES string of the molecule is CCn1ncc(S(=O)(=O)N2CCOC[C@H]2c2ncc(C)[nH]2)c1C. The van der Waals surface area contributed by atoms with Gasteiger partial charge in [0.15, 0.2) is 0 Å². The van der Waals surface area contributed by atoms with Gasteiger partial charge in [-0.25, -0.2) is 13.4 Å². The van der Waals surface area contributed by atoms with E-state index < -0.39 is 16.1 Å². The molecule has 126 valence electrons. The van der Waals surface area contributed by atoms with Gasteiger partial charge in [-0.3, -0.25) is 4.68 Å². The first kappa shape index (κ1) is 16.2. The van der Waals surface area contributed by atoms with E-state index in [1.165, 1.54) is 10.5 Å². The Morgan fingerprint density at radius 2 is 2.17 bits per heavy atom. The Morgan fingerprint density at radius 3 is 2.78 bits per heavy atom. The van der Waals surface area contributed by atoms with Crippen molar-refractivity contribution >= 4 is 10.0 Å². The minimum Gasteiger partial charge on any atom is -0.378 e. The van der Waals surface area contributed by atoms with Crippen molar-refractivity contribution in [2.45, 2.75) is 38.3 Å². The van der Waals surface area contributed by atoms with E-state index in [-0.39, 0.29) is 11.5 Å². The minimum absolute atomic E-state index is 0.245. The lowest BCUT2D eigenvalue weighted by Gasteiger charge is -2.33. The minimum atomic E-state index is -3.66. The maximum Gasteiger partial charge on any atom is 0.247 e. The van der Waals surface area contributed by atoms with Crippen molar-refractivity contribution in [2.75, 3.05) is 19.8 Å². The van der Waals surface area contributed by atoms with E-state index >= 15 is 0 Å². The van der Waals surface area contributed by atoms with Crippen molar-refractivity contribution in [3.05, 3.63) is 29.6 Å². The third-order valence-electron chi connectivity index (χ3n) is 4.06. The fourth-order valence-electron chi connectivity index (χ4n) is 2.82. The molecule has 0 saturated carbocycles. The molecule has 1 saturated heterocycles. The van der Waals surface area contributed by atoms with Crippen molar-refractivity contribution in [3.8, 4) is 0 Å². The predicted octanol–water partition coefficient (Wildman–Crippen LogP) is 1.01. The van der Waals surface area contributed by atoms with Gasteiger partial charge in [0.05, 0.1) is 25.1 Å². The number of morpholine rings is 1. The van der Waals surface area contributed by atoms with Crippen molar-refractivity contribution in [1.82, 2.24) is 24.1 Å². The van der Waals surface area contributed by atoms with E-state index in [0.717, 1.165) is 5.69 Å². The summed E-state index contributed by atoms with van der Waals surface area (Å²) in [5.41, 5.74) is 1.53. The first-order valence-corrected chi connectivity index (χ1v) is 9.02. The number of aromatic nitrogens is 4. The van der Waals surface area contributed by atoms with E-state index in [9.17, 15) is 8.42 Å². The molecule has 8 nitrogen and oxygen atoms in total. The quantitative estimate of drug-likeness (QED) is 0.897. The summed E-state index contributed by atoms with van der Waals surface area (Å²) >= 11 is 0. The van der Waals surface area contributed by atoms with E-state index in [1.54, 1.807) is 17.8 Å². The van der Waals surface area contributed by atoms with Gasteiger partial charge in [0, 0.05) is 25.0 Å². The fraction of sp³-hybridized carbons (Fsp3) is 0.571. The van der Waals surface area contributed by atoms with Gasteiger partial charge in [-0.15, -0.1) is 0 Å². The highest BCUT2D eigenvalue weighted by atomic mass is 32.2. The summed E-state index contributed by atoms with van der Waals surface area (Å²) in [6, 6.07) is -0.452. The summed E-state index contributed by atoms with van der Waals surface area (Å²) in [6.45, 7) is 7.17. The van der Waals surface area contributed by atoms with Crippen LogP contribution in [0.15, 0.2) is 17.3 Å². The molecule has 3 rings (SSSR count). The highest BCUT2D eigenvalue weighted by Crippen LogP contribution is 2.30. The normalized spacial score (nSPS) is 20.0. The van der Waals surface area contributed by atoms with E-state index in [0.29, 0.717) is 31.2 Å². The lowest BCUT2D eigenvalue weighted by atomic mass is 10.2. The van der Waals surface area contributed by atoms with Crippen molar-refractivity contribution in [3.63, 3.8) is 0 Å². The second-order valence-electron chi connectivity index (χ2n) is 5.57. The van der Waals surface area contributed by atoms with Crippen LogP contribution in [-0.4, -0.2) is 52.2 Å². The lowest BCUT2D eigenvalue weighted by Crippen LogP contribution is -2.43. The van der Waals surface area contributed by atoms with E-state index in [4.69, 9.17) is 4.74 Å². The molecule has 2 aromatic rings. The van der Waals surface area contributed by atoms with Gasteiger partial charge in [0.2, 0.25) is 10.0 Å². The number of sulfonamides is 1.